The van der Waals surface area contributed by atoms with Crippen LogP contribution in [0.2, 0.25) is 0 Å². The number of hydrogen-bond acceptors (Lipinski definition) is 30. The first-order chi connectivity index (χ1) is 68.5. The molecule has 46 N–H and O–H groups in total. The predicted molar refractivity (Wildman–Crippen MR) is 540 cm³/mol. The zero-order valence-electron chi connectivity index (χ0n) is 84.0. The van der Waals surface area contributed by atoms with Gasteiger partial charge in [0.2, 0.25) is 106 Å². The Morgan fingerprint density at radius 2 is 0.579 bits per heavy atom. The van der Waals surface area contributed by atoms with E-state index in [0.29, 0.717) is 44.1 Å². The molecule has 0 bridgehead atoms. The molecule has 0 fully saturated rings. The molecule has 1 rings (SSSR count). The molecule has 820 valence electrons. The minimum absolute atomic E-state index is 0.0101. The summed E-state index contributed by atoms with van der Waals surface area (Å²) in [5.41, 5.74) is 62.7. The summed E-state index contributed by atoms with van der Waals surface area (Å²) in [5, 5.41) is 101. The number of hydrogen-bond donors (Lipinski definition) is 35. The summed E-state index contributed by atoms with van der Waals surface area (Å²) in [6.07, 6.45) is -3.05. The number of guanidine groups is 3. The topological polar surface area (TPSA) is 959 Å². The molecule has 18 amide bonds. The van der Waals surface area contributed by atoms with Crippen molar-refractivity contribution in [2.24, 2.45) is 74.9 Å². The molecule has 0 unspecified atom stereocenters. The van der Waals surface area contributed by atoms with Crippen molar-refractivity contribution >= 4 is 142 Å². The summed E-state index contributed by atoms with van der Waals surface area (Å²) >= 11 is 1.24. The van der Waals surface area contributed by atoms with Crippen molar-refractivity contribution in [3.05, 3.63) is 35.9 Å². The first kappa shape index (κ1) is 130. The van der Waals surface area contributed by atoms with Crippen molar-refractivity contribution in [3.63, 3.8) is 0 Å². The molecule has 0 saturated carbocycles. The second-order valence-corrected chi connectivity index (χ2v) is 36.5. The van der Waals surface area contributed by atoms with Gasteiger partial charge in [-0.3, -0.25) is 103 Å². The van der Waals surface area contributed by atoms with Crippen molar-refractivity contribution in [1.82, 2.24) is 95.7 Å². The van der Waals surface area contributed by atoms with Crippen LogP contribution in [0.1, 0.15) is 214 Å². The first-order valence-electron chi connectivity index (χ1n) is 48.9. The van der Waals surface area contributed by atoms with Crippen molar-refractivity contribution in [2.75, 3.05) is 57.8 Å². The van der Waals surface area contributed by atoms with Crippen LogP contribution in [0, 0.1) is 28.1 Å². The molecule has 0 aliphatic rings. The van der Waals surface area contributed by atoms with Gasteiger partial charge in [-0.25, -0.2) is 4.79 Å². The number of benzene rings is 1. The molecule has 0 aliphatic carbocycles. The largest absolute Gasteiger partial charge is 0.480 e. The van der Waals surface area contributed by atoms with Gasteiger partial charge >= 0.3 is 5.97 Å². The maximum Gasteiger partial charge on any atom is 0.326 e. The Bertz CT molecular complexity index is 4340. The molecule has 20 atom stereocenters. The molecule has 54 nitrogen and oxygen atoms in total. The Kier molecular flexibility index (Phi) is 64.9. The average Bonchev–Trinajstić information content (AvgIpc) is 0.838. The molecular formula is C90H162N32O22S. The minimum atomic E-state index is -2.07. The SMILES string of the molecule is CC[C@H](C)[C@H](NC(=O)[C@H](CCC(N)=O)NC(=O)[C@@H](N)CCCNC(=N)N)C(=O)N[C@@H](CCCCN)C(=O)N[C@H](C(=O)N[C@H](C(=O)N[C@@H](Cc1ccccc1)C(=O)N[C@@H](CCC(N)=O)C(=O)N[C@@H](CC(N)=O)C(=O)N[C@@H](CCCNC(=N)N)C(=O)N[C@@H](CCCNC(=N)N)C(=O)N[C@@H](CCSC)C(=O)N[C@@H](CCCCN)C(=O)N[C@H](C(=O)N[C@@H](CCCCN)C(=O)N[C@@H](CCCCN)C(=O)O)[C@@H](C)O)[C@@H](C)O)[C@@H](C)CC. The minimum Gasteiger partial charge on any atom is -0.480 e. The quantitative estimate of drug-likeness (QED) is 0.0164. The number of carboxylic acid groups (broad SMARTS) is 1. The number of aliphatic carboxylic acids is 1. The Balaban J connectivity index is 3.99. The maximum atomic E-state index is 15.0. The summed E-state index contributed by atoms with van der Waals surface area (Å²) < 4.78 is 0. The Labute approximate surface area is 848 Å². The second kappa shape index (κ2) is 72.3. The fourth-order valence-electron chi connectivity index (χ4n) is 14.6. The zero-order chi connectivity index (χ0) is 110. The molecule has 1 aromatic carbocycles. The van der Waals surface area contributed by atoms with Gasteiger partial charge in [-0.1, -0.05) is 70.9 Å². The molecule has 0 spiro atoms. The first-order valence-corrected chi connectivity index (χ1v) is 50.3. The fourth-order valence-corrected chi connectivity index (χ4v) is 15.1. The summed E-state index contributed by atoms with van der Waals surface area (Å²) in [7, 11) is 0. The fraction of sp³-hybridized carbons (Fsp3) is 0.689. The molecule has 55 heteroatoms. The molecule has 0 aliphatic heterocycles. The van der Waals surface area contributed by atoms with E-state index < -0.39 is 271 Å². The number of carbonyl (C=O) groups excluding carboxylic acids is 18. The third-order valence-electron chi connectivity index (χ3n) is 23.4. The predicted octanol–water partition coefficient (Wildman–Crippen LogP) is -9.77. The number of unbranched alkanes of at least 4 members (excludes halogenated alkanes) is 4. The average molecular weight is 2080 g/mol. The van der Waals surface area contributed by atoms with Crippen LogP contribution >= 0.6 is 11.8 Å². The van der Waals surface area contributed by atoms with Crippen LogP contribution in [0.15, 0.2) is 30.3 Å². The lowest BCUT2D eigenvalue weighted by Crippen LogP contribution is -2.63. The molecule has 145 heavy (non-hydrogen) atoms. The van der Waals surface area contributed by atoms with Gasteiger partial charge in [0.25, 0.3) is 0 Å². The summed E-state index contributed by atoms with van der Waals surface area (Å²) in [4.78, 5) is 268. The smallest absolute Gasteiger partial charge is 0.326 e. The zero-order valence-corrected chi connectivity index (χ0v) is 84.9. The molecule has 1 aromatic rings. The summed E-state index contributed by atoms with van der Waals surface area (Å²) in [5.74, 6) is -22.7. The lowest BCUT2D eigenvalue weighted by Gasteiger charge is -2.31. The van der Waals surface area contributed by atoms with Crippen LogP contribution in [0.4, 0.5) is 0 Å². The van der Waals surface area contributed by atoms with E-state index in [1.807, 2.05) is 0 Å². The van der Waals surface area contributed by atoms with E-state index >= 15 is 0 Å². The van der Waals surface area contributed by atoms with E-state index in [-0.39, 0.29) is 167 Å². The van der Waals surface area contributed by atoms with Gasteiger partial charge in [0.15, 0.2) is 17.9 Å². The van der Waals surface area contributed by atoms with Crippen LogP contribution in [0.5, 0.6) is 0 Å². The highest BCUT2D eigenvalue weighted by Crippen LogP contribution is 2.19. The number of rotatable bonds is 78. The third kappa shape index (κ3) is 53.4. The van der Waals surface area contributed by atoms with Crippen LogP contribution < -0.4 is 159 Å². The number of thioether (sulfide) groups is 1. The van der Waals surface area contributed by atoms with Crippen molar-refractivity contribution in [1.29, 1.82) is 16.2 Å². The number of carboxylic acids is 1. The number of nitrogens with two attached hydrogens (primary N) is 11. The van der Waals surface area contributed by atoms with Gasteiger partial charge in [-0.15, -0.1) is 0 Å². The molecular weight excluding hydrogens is 1910 g/mol. The summed E-state index contributed by atoms with van der Waals surface area (Å²) in [6.45, 7) is 9.61. The van der Waals surface area contributed by atoms with Crippen LogP contribution in [-0.4, -0.2) is 312 Å². The van der Waals surface area contributed by atoms with Gasteiger partial charge in [0.05, 0.1) is 24.7 Å². The van der Waals surface area contributed by atoms with E-state index in [9.17, 15) is 106 Å². The number of aliphatic hydroxyl groups excluding tert-OH is 2. The van der Waals surface area contributed by atoms with Crippen LogP contribution in [0.25, 0.3) is 0 Å². The highest BCUT2D eigenvalue weighted by atomic mass is 32.2. The normalized spacial score (nSPS) is 15.2. The van der Waals surface area contributed by atoms with E-state index in [1.165, 1.54) is 11.8 Å². The van der Waals surface area contributed by atoms with Crippen molar-refractivity contribution in [3.8, 4) is 0 Å². The molecule has 0 heterocycles. The third-order valence-corrected chi connectivity index (χ3v) is 24.1. The van der Waals surface area contributed by atoms with E-state index in [1.54, 1.807) is 64.3 Å². The highest BCUT2D eigenvalue weighted by Gasteiger charge is 2.42. The van der Waals surface area contributed by atoms with Crippen molar-refractivity contribution < 1.29 is 106 Å². The Morgan fingerprint density at radius 3 is 0.903 bits per heavy atom. The Morgan fingerprint density at radius 1 is 0.317 bits per heavy atom. The van der Waals surface area contributed by atoms with E-state index in [4.69, 9.17) is 79.3 Å². The second-order valence-electron chi connectivity index (χ2n) is 35.6. The van der Waals surface area contributed by atoms with Gasteiger partial charge in [0, 0.05) is 38.9 Å². The van der Waals surface area contributed by atoms with E-state index in [0.717, 1.165) is 13.8 Å². The number of primary amides is 3. The lowest BCUT2D eigenvalue weighted by atomic mass is 9.95. The van der Waals surface area contributed by atoms with Crippen LogP contribution in [0.3, 0.4) is 0 Å². The van der Waals surface area contributed by atoms with E-state index in [2.05, 4.69) is 95.7 Å². The lowest BCUT2D eigenvalue weighted by molar-refractivity contribution is -0.142. The van der Waals surface area contributed by atoms with Gasteiger partial charge in [-0.2, -0.15) is 11.8 Å². The number of nitrogens with one attached hydrogen (secondary N) is 21. The van der Waals surface area contributed by atoms with Gasteiger partial charge in [-0.05, 0) is 204 Å². The summed E-state index contributed by atoms with van der Waals surface area (Å²) in [6, 6.07) is -17.9. The highest BCUT2D eigenvalue weighted by molar-refractivity contribution is 7.98. The number of aliphatic hydroxyl groups is 2. The number of carbonyl (C=O) groups is 19. The monoisotopic (exact) mass is 2080 g/mol. The number of amides is 18. The molecule has 0 saturated heterocycles. The van der Waals surface area contributed by atoms with Gasteiger partial charge < -0.3 is 174 Å². The molecule has 0 aromatic heterocycles. The maximum absolute atomic E-state index is 15.0. The van der Waals surface area contributed by atoms with Crippen LogP contribution in [-0.2, 0) is 97.5 Å². The van der Waals surface area contributed by atoms with Gasteiger partial charge in [0.1, 0.15) is 90.6 Å². The Hall–Kier alpha value is -13.0. The molecule has 0 radical (unpaired) electrons. The standard InChI is InChI=1S/C90H162N32O22S/c1-8-48(3)68(119-80(136)60(34-36-66(97)126)108-72(128)53(95)26-21-42-105-88(99)100)83(139)114-56(29-15-19-40-93)78(134)120-69(49(4)9-2)84(140)122-71(51(6)124)86(142)118-63(46-52-24-11-10-12-25-52)81(137)112-59(33-35-65(96)125)76(132)117-64(47-67(98)127)82(138)111-58(32-23-44-107-90(103)104)73(129)110-57(31-22-43-106-89(101)102)74(130)113-61(37-45-145-7)77(133)109-55(28-14-18-39-92)79(135)121-70(50(5)123)85(141)115-54(27-13-17-38-91)75(131)116-62(87(143)144)30-16-20-41-94/h10-12,24-25,48-51,53-64,68-71,123-124H,8-9,13-23,26-47,91-95H2,1-7H3,(H2,96,125)(H2,97,126)(H2,98,127)(H,108,128)(H,109,133)(H,110,129)(H,111,138)(H,112,137)(H,113,130)(H,114,139)(H,115,141)(H,116,131)(H,117,132)(H,118,142)(H,119,136)(H,120,134)(H,121,135)(H,122,140)(H,143,144)(H4,99,100,105)(H4,101,102,106)(H4,103,104,107)/t48-,49-,50+,51+,53-,54-,55-,56-,57-,58-,59-,60-,61-,62-,63-,64-,68-,69-,70-,71-/m0/s1. The van der Waals surface area contributed by atoms with Crippen molar-refractivity contribution in [2.45, 2.75) is 324 Å².